The third kappa shape index (κ3) is 5.55. The van der Waals surface area contributed by atoms with Gasteiger partial charge in [0.1, 0.15) is 0 Å². The van der Waals surface area contributed by atoms with Crippen molar-refractivity contribution in [2.45, 2.75) is 32.4 Å². The van der Waals surface area contributed by atoms with Gasteiger partial charge in [0.25, 0.3) is 0 Å². The molecule has 0 aromatic heterocycles. The van der Waals surface area contributed by atoms with Gasteiger partial charge < -0.3 is 9.64 Å². The van der Waals surface area contributed by atoms with Crippen molar-refractivity contribution >= 4 is 5.97 Å². The number of nitrogens with zero attached hydrogens (tertiary/aromatic N) is 2. The van der Waals surface area contributed by atoms with Crippen LogP contribution in [0.4, 0.5) is 0 Å². The average molecular weight is 342 g/mol. The van der Waals surface area contributed by atoms with Crippen LogP contribution in [0.5, 0.6) is 0 Å². The summed E-state index contributed by atoms with van der Waals surface area (Å²) in [4.78, 5) is 16.8. The molecule has 0 saturated heterocycles. The lowest BCUT2D eigenvalue weighted by Crippen LogP contribution is -2.48. The second-order valence-corrected chi connectivity index (χ2v) is 6.99. The van der Waals surface area contributed by atoms with Gasteiger partial charge in [-0.05, 0) is 46.0 Å². The molecule has 1 aromatic carbocycles. The first kappa shape index (κ1) is 19.4. The summed E-state index contributed by atoms with van der Waals surface area (Å²) >= 11 is 0. The van der Waals surface area contributed by atoms with Gasteiger partial charge in [-0.15, -0.1) is 0 Å². The maximum Gasteiger partial charge on any atom is 0.337 e. The van der Waals surface area contributed by atoms with Gasteiger partial charge >= 0.3 is 5.97 Å². The fraction of sp³-hybridized carbons (Fsp3) is 0.476. The zero-order chi connectivity index (χ0) is 18.3. The van der Waals surface area contributed by atoms with Crippen LogP contribution in [0, 0.1) is 0 Å². The highest BCUT2D eigenvalue weighted by Gasteiger charge is 2.32. The molecule has 25 heavy (non-hydrogen) atoms. The molecule has 0 spiro atoms. The summed E-state index contributed by atoms with van der Waals surface area (Å²) < 4.78 is 5.19. The third-order valence-corrected chi connectivity index (χ3v) is 4.56. The van der Waals surface area contributed by atoms with Gasteiger partial charge in [-0.3, -0.25) is 4.90 Å². The van der Waals surface area contributed by atoms with Crippen molar-refractivity contribution in [1.29, 1.82) is 0 Å². The first-order chi connectivity index (χ1) is 11.9. The number of hydrogen-bond donors (Lipinski definition) is 0. The first-order valence-corrected chi connectivity index (χ1v) is 8.95. The highest BCUT2D eigenvalue weighted by molar-refractivity contribution is 5.92. The van der Waals surface area contributed by atoms with E-state index in [-0.39, 0.29) is 11.5 Å². The van der Waals surface area contributed by atoms with Crippen LogP contribution in [0.1, 0.15) is 25.8 Å². The van der Waals surface area contributed by atoms with Crippen molar-refractivity contribution < 1.29 is 9.53 Å². The van der Waals surface area contributed by atoms with E-state index in [1.807, 2.05) is 19.1 Å². The summed E-state index contributed by atoms with van der Waals surface area (Å²) in [5, 5.41) is 0. The molecule has 1 aliphatic rings. The molecule has 0 fully saturated rings. The quantitative estimate of drug-likeness (QED) is 0.679. The Morgan fingerprint density at radius 1 is 1.20 bits per heavy atom. The van der Waals surface area contributed by atoms with Crippen molar-refractivity contribution in [2.75, 3.05) is 33.8 Å². The molecule has 1 unspecified atom stereocenters. The zero-order valence-electron chi connectivity index (χ0n) is 15.9. The Bertz CT molecular complexity index is 622. The van der Waals surface area contributed by atoms with Gasteiger partial charge in [-0.25, -0.2) is 4.79 Å². The number of ether oxygens (including phenoxy) is 1. The van der Waals surface area contributed by atoms with E-state index < -0.39 is 0 Å². The smallest absolute Gasteiger partial charge is 0.337 e. The number of likely N-dealkylation sites (N-methyl/N-ethyl adjacent to an activating group) is 1. The van der Waals surface area contributed by atoms with Crippen molar-refractivity contribution in [3.8, 4) is 0 Å². The topological polar surface area (TPSA) is 32.8 Å². The Morgan fingerprint density at radius 2 is 1.92 bits per heavy atom. The van der Waals surface area contributed by atoms with Gasteiger partial charge in [0.2, 0.25) is 0 Å². The third-order valence-electron chi connectivity index (χ3n) is 4.56. The molecule has 136 valence electrons. The summed E-state index contributed by atoms with van der Waals surface area (Å²) in [5.74, 6) is -0.239. The Kier molecular flexibility index (Phi) is 6.97. The number of benzene rings is 1. The largest absolute Gasteiger partial charge is 0.462 e. The molecule has 0 aliphatic heterocycles. The van der Waals surface area contributed by atoms with Gasteiger partial charge in [-0.1, -0.05) is 42.5 Å². The minimum atomic E-state index is -0.239. The molecule has 0 heterocycles. The molecule has 0 saturated carbocycles. The molecule has 0 N–H and O–H groups in total. The van der Waals surface area contributed by atoms with E-state index >= 15 is 0 Å². The van der Waals surface area contributed by atoms with Gasteiger partial charge in [0.15, 0.2) is 0 Å². The summed E-state index contributed by atoms with van der Waals surface area (Å²) in [7, 11) is 4.17. The lowest BCUT2D eigenvalue weighted by molar-refractivity contribution is -0.138. The minimum absolute atomic E-state index is 0.206. The lowest BCUT2D eigenvalue weighted by atomic mass is 9.87. The molecule has 4 heteroatoms. The maximum absolute atomic E-state index is 12.2. The summed E-state index contributed by atoms with van der Waals surface area (Å²) in [6.45, 7) is 7.19. The molecule has 4 nitrogen and oxygen atoms in total. The molecule has 1 aliphatic carbocycles. The van der Waals surface area contributed by atoms with Crippen LogP contribution in [0.2, 0.25) is 0 Å². The van der Waals surface area contributed by atoms with E-state index in [9.17, 15) is 4.79 Å². The highest BCUT2D eigenvalue weighted by Crippen LogP contribution is 2.29. The Morgan fingerprint density at radius 3 is 2.56 bits per heavy atom. The van der Waals surface area contributed by atoms with Crippen LogP contribution in [0.3, 0.4) is 0 Å². The number of carbonyl (C=O) groups is 1. The van der Waals surface area contributed by atoms with Crippen molar-refractivity contribution in [2.24, 2.45) is 0 Å². The minimum Gasteiger partial charge on any atom is -0.462 e. The first-order valence-electron chi connectivity index (χ1n) is 8.95. The molecule has 1 atom stereocenters. The van der Waals surface area contributed by atoms with Crippen LogP contribution in [0.15, 0.2) is 54.1 Å². The maximum atomic E-state index is 12.2. The number of rotatable bonds is 8. The molecule has 0 radical (unpaired) electrons. The van der Waals surface area contributed by atoms with E-state index in [0.29, 0.717) is 12.2 Å². The van der Waals surface area contributed by atoms with Crippen LogP contribution in [-0.4, -0.2) is 55.1 Å². The van der Waals surface area contributed by atoms with E-state index in [0.717, 1.165) is 26.1 Å². The summed E-state index contributed by atoms with van der Waals surface area (Å²) in [5.41, 5.74) is 1.73. The number of hydrogen-bond acceptors (Lipinski definition) is 4. The van der Waals surface area contributed by atoms with E-state index in [1.165, 1.54) is 5.56 Å². The second-order valence-electron chi connectivity index (χ2n) is 6.99. The zero-order valence-corrected chi connectivity index (χ0v) is 15.9. The van der Waals surface area contributed by atoms with Crippen molar-refractivity contribution in [3.05, 3.63) is 59.7 Å². The predicted octanol–water partition coefficient (Wildman–Crippen LogP) is 3.26. The van der Waals surface area contributed by atoms with E-state index in [2.05, 4.69) is 67.2 Å². The Labute approximate surface area is 151 Å². The van der Waals surface area contributed by atoms with Crippen LogP contribution in [0.25, 0.3) is 0 Å². The highest BCUT2D eigenvalue weighted by atomic mass is 16.5. The predicted molar refractivity (Wildman–Crippen MR) is 102 cm³/mol. The van der Waals surface area contributed by atoms with E-state index in [1.54, 1.807) is 0 Å². The normalized spacial score (nSPS) is 20.0. The summed E-state index contributed by atoms with van der Waals surface area (Å²) in [6.07, 6.45) is 6.92. The average Bonchev–Trinajstić information content (AvgIpc) is 2.59. The second kappa shape index (κ2) is 8.97. The van der Waals surface area contributed by atoms with Crippen LogP contribution < -0.4 is 0 Å². The Hall–Kier alpha value is -1.91. The van der Waals surface area contributed by atoms with Crippen molar-refractivity contribution in [1.82, 2.24) is 9.80 Å². The fourth-order valence-electron chi connectivity index (χ4n) is 3.07. The number of carbonyl (C=O) groups excluding carboxylic acids is 1. The molecular weight excluding hydrogens is 312 g/mol. The SMILES string of the molecule is CCOC(=O)C1=CC(C)(N(CCN(C)C)Cc2ccccc2)CC=C1. The van der Waals surface area contributed by atoms with Crippen LogP contribution in [-0.2, 0) is 16.1 Å². The van der Waals surface area contributed by atoms with Gasteiger partial charge in [-0.2, -0.15) is 0 Å². The lowest BCUT2D eigenvalue weighted by Gasteiger charge is -2.41. The van der Waals surface area contributed by atoms with E-state index in [4.69, 9.17) is 4.74 Å². The Balaban J connectivity index is 2.24. The molecule has 2 rings (SSSR count). The fourth-order valence-corrected chi connectivity index (χ4v) is 3.07. The monoisotopic (exact) mass is 342 g/mol. The molecule has 0 amide bonds. The van der Waals surface area contributed by atoms with Crippen molar-refractivity contribution in [3.63, 3.8) is 0 Å². The van der Waals surface area contributed by atoms with Crippen LogP contribution >= 0.6 is 0 Å². The number of esters is 1. The van der Waals surface area contributed by atoms with Gasteiger partial charge in [0.05, 0.1) is 12.2 Å². The van der Waals surface area contributed by atoms with Gasteiger partial charge in [0, 0.05) is 25.2 Å². The standard InChI is InChI=1S/C21H30N2O2/c1-5-25-20(24)19-12-9-13-21(2,16-19)23(15-14-22(3)4)17-18-10-7-6-8-11-18/h6-12,16H,5,13-15,17H2,1-4H3. The molecule has 1 aromatic rings. The molecular formula is C21H30N2O2. The summed E-state index contributed by atoms with van der Waals surface area (Å²) in [6, 6.07) is 10.5. The molecule has 0 bridgehead atoms.